The lowest BCUT2D eigenvalue weighted by molar-refractivity contribution is 0.580. The average Bonchev–Trinajstić information content (AvgIpc) is 2.81. The maximum Gasteiger partial charge on any atom is 0.0850 e. The smallest absolute Gasteiger partial charge is 0.0850 e. The van der Waals surface area contributed by atoms with Gasteiger partial charge in [-0.2, -0.15) is 5.10 Å². The molecule has 2 aromatic rings. The molecule has 1 heterocycles. The molecule has 4 heteroatoms. The van der Waals surface area contributed by atoms with Crippen LogP contribution in [0.5, 0.6) is 0 Å². The van der Waals surface area contributed by atoms with Crippen LogP contribution >= 0.6 is 11.6 Å². The molecule has 1 aromatic heterocycles. The highest BCUT2D eigenvalue weighted by Crippen LogP contribution is 2.29. The van der Waals surface area contributed by atoms with Crippen molar-refractivity contribution in [2.75, 3.05) is 6.54 Å². The van der Waals surface area contributed by atoms with Crippen molar-refractivity contribution >= 4 is 11.6 Å². The van der Waals surface area contributed by atoms with Gasteiger partial charge in [-0.1, -0.05) is 42.8 Å². The SMILES string of the molecule is CCc1nn(CC)c(CC(CN)c2ccccc2C)c1Cl. The van der Waals surface area contributed by atoms with Crippen molar-refractivity contribution in [1.29, 1.82) is 0 Å². The Hall–Kier alpha value is -1.32. The van der Waals surface area contributed by atoms with E-state index >= 15 is 0 Å². The number of hydrogen-bond acceptors (Lipinski definition) is 2. The van der Waals surface area contributed by atoms with Gasteiger partial charge in [0.25, 0.3) is 0 Å². The fourth-order valence-corrected chi connectivity index (χ4v) is 3.16. The van der Waals surface area contributed by atoms with Crippen LogP contribution in [0.2, 0.25) is 5.02 Å². The van der Waals surface area contributed by atoms with Crippen molar-refractivity contribution in [1.82, 2.24) is 9.78 Å². The molecule has 114 valence electrons. The molecule has 0 spiro atoms. The molecule has 0 bridgehead atoms. The van der Waals surface area contributed by atoms with Crippen molar-refractivity contribution in [3.63, 3.8) is 0 Å². The molecule has 2 N–H and O–H groups in total. The van der Waals surface area contributed by atoms with Crippen LogP contribution < -0.4 is 5.73 Å². The second kappa shape index (κ2) is 7.10. The lowest BCUT2D eigenvalue weighted by Gasteiger charge is -2.18. The monoisotopic (exact) mass is 305 g/mol. The zero-order chi connectivity index (χ0) is 15.4. The van der Waals surface area contributed by atoms with E-state index in [1.807, 2.05) is 4.68 Å². The number of hydrogen-bond donors (Lipinski definition) is 1. The molecule has 0 fully saturated rings. The van der Waals surface area contributed by atoms with E-state index in [0.717, 1.165) is 35.8 Å². The molecule has 0 radical (unpaired) electrons. The zero-order valence-corrected chi connectivity index (χ0v) is 13.8. The molecule has 0 saturated carbocycles. The van der Waals surface area contributed by atoms with Gasteiger partial charge in [0.15, 0.2) is 0 Å². The molecule has 3 nitrogen and oxygen atoms in total. The van der Waals surface area contributed by atoms with Gasteiger partial charge >= 0.3 is 0 Å². The summed E-state index contributed by atoms with van der Waals surface area (Å²) in [6, 6.07) is 8.43. The predicted octanol–water partition coefficient (Wildman–Crippen LogP) is 3.71. The third-order valence-electron chi connectivity index (χ3n) is 4.05. The number of rotatable bonds is 6. The first-order valence-corrected chi connectivity index (χ1v) is 7.99. The van der Waals surface area contributed by atoms with Gasteiger partial charge in [-0.25, -0.2) is 0 Å². The summed E-state index contributed by atoms with van der Waals surface area (Å²) < 4.78 is 2.02. The van der Waals surface area contributed by atoms with Gasteiger partial charge in [0.05, 0.1) is 16.4 Å². The van der Waals surface area contributed by atoms with Crippen LogP contribution in [0.4, 0.5) is 0 Å². The summed E-state index contributed by atoms with van der Waals surface area (Å²) in [5, 5.41) is 5.41. The molecular formula is C17H24ClN3. The standard InChI is InChI=1S/C17H24ClN3/c1-4-15-17(18)16(21(5-2)20-15)10-13(11-19)14-9-7-6-8-12(14)3/h6-9,13H,4-5,10-11,19H2,1-3H3. The lowest BCUT2D eigenvalue weighted by Crippen LogP contribution is -2.18. The van der Waals surface area contributed by atoms with Crippen LogP contribution in [0, 0.1) is 6.92 Å². The number of aromatic nitrogens is 2. The maximum atomic E-state index is 6.51. The third-order valence-corrected chi connectivity index (χ3v) is 4.48. The molecule has 1 aromatic carbocycles. The molecule has 21 heavy (non-hydrogen) atoms. The Morgan fingerprint density at radius 1 is 1.29 bits per heavy atom. The minimum absolute atomic E-state index is 0.274. The van der Waals surface area contributed by atoms with E-state index in [9.17, 15) is 0 Å². The first kappa shape index (κ1) is 16.1. The molecule has 0 saturated heterocycles. The van der Waals surface area contributed by atoms with E-state index in [1.165, 1.54) is 11.1 Å². The largest absolute Gasteiger partial charge is 0.330 e. The van der Waals surface area contributed by atoms with Gasteiger partial charge < -0.3 is 5.73 Å². The van der Waals surface area contributed by atoms with Crippen molar-refractivity contribution in [3.05, 3.63) is 51.8 Å². The van der Waals surface area contributed by atoms with Crippen LogP contribution in [0.25, 0.3) is 0 Å². The fourth-order valence-electron chi connectivity index (χ4n) is 2.81. The summed E-state index contributed by atoms with van der Waals surface area (Å²) in [4.78, 5) is 0. The molecule has 0 aliphatic heterocycles. The quantitative estimate of drug-likeness (QED) is 0.884. The Kier molecular flexibility index (Phi) is 5.43. The number of nitrogens with zero attached hydrogens (tertiary/aromatic N) is 2. The van der Waals surface area contributed by atoms with E-state index in [2.05, 4.69) is 50.1 Å². The maximum absolute atomic E-state index is 6.51. The average molecular weight is 306 g/mol. The molecule has 1 atom stereocenters. The number of nitrogens with two attached hydrogens (primary N) is 1. The molecule has 1 unspecified atom stereocenters. The van der Waals surface area contributed by atoms with Gasteiger partial charge in [0.2, 0.25) is 0 Å². The van der Waals surface area contributed by atoms with E-state index in [4.69, 9.17) is 17.3 Å². The zero-order valence-electron chi connectivity index (χ0n) is 13.1. The summed E-state index contributed by atoms with van der Waals surface area (Å²) in [5.41, 5.74) is 10.7. The minimum atomic E-state index is 0.274. The lowest BCUT2D eigenvalue weighted by atomic mass is 9.91. The van der Waals surface area contributed by atoms with E-state index in [0.29, 0.717) is 6.54 Å². The van der Waals surface area contributed by atoms with Crippen molar-refractivity contribution in [2.24, 2.45) is 5.73 Å². The fraction of sp³-hybridized carbons (Fsp3) is 0.471. The highest BCUT2D eigenvalue weighted by atomic mass is 35.5. The molecule has 0 aliphatic carbocycles. The van der Waals surface area contributed by atoms with Crippen LogP contribution in [0.15, 0.2) is 24.3 Å². The van der Waals surface area contributed by atoms with Crippen molar-refractivity contribution < 1.29 is 0 Å². The second-order valence-corrected chi connectivity index (χ2v) is 5.75. The molecule has 0 amide bonds. The highest BCUT2D eigenvalue weighted by Gasteiger charge is 2.20. The van der Waals surface area contributed by atoms with Gasteiger partial charge in [-0.05, 0) is 44.4 Å². The molecular weight excluding hydrogens is 282 g/mol. The van der Waals surface area contributed by atoms with Crippen LogP contribution in [-0.4, -0.2) is 16.3 Å². The van der Waals surface area contributed by atoms with E-state index in [1.54, 1.807) is 0 Å². The van der Waals surface area contributed by atoms with Crippen molar-refractivity contribution in [3.8, 4) is 0 Å². The van der Waals surface area contributed by atoms with Gasteiger partial charge in [-0.3, -0.25) is 4.68 Å². The van der Waals surface area contributed by atoms with Gasteiger partial charge in [0, 0.05) is 12.5 Å². The predicted molar refractivity (Wildman–Crippen MR) is 89.0 cm³/mol. The van der Waals surface area contributed by atoms with E-state index in [-0.39, 0.29) is 5.92 Å². The first-order chi connectivity index (χ1) is 10.1. The Bertz CT molecular complexity index is 604. The summed E-state index contributed by atoms with van der Waals surface area (Å²) in [6.45, 7) is 7.75. The second-order valence-electron chi connectivity index (χ2n) is 5.37. The van der Waals surface area contributed by atoms with E-state index < -0.39 is 0 Å². The summed E-state index contributed by atoms with van der Waals surface area (Å²) >= 11 is 6.51. The summed E-state index contributed by atoms with van der Waals surface area (Å²) in [5.74, 6) is 0.274. The minimum Gasteiger partial charge on any atom is -0.330 e. The van der Waals surface area contributed by atoms with Crippen LogP contribution in [0.1, 0.15) is 42.3 Å². The van der Waals surface area contributed by atoms with Crippen LogP contribution in [-0.2, 0) is 19.4 Å². The Morgan fingerprint density at radius 3 is 2.57 bits per heavy atom. The Morgan fingerprint density at radius 2 is 2.00 bits per heavy atom. The summed E-state index contributed by atoms with van der Waals surface area (Å²) in [6.07, 6.45) is 1.69. The van der Waals surface area contributed by atoms with Crippen LogP contribution in [0.3, 0.4) is 0 Å². The highest BCUT2D eigenvalue weighted by molar-refractivity contribution is 6.31. The Labute approximate surface area is 132 Å². The number of halogens is 1. The normalized spacial score (nSPS) is 12.6. The third kappa shape index (κ3) is 3.30. The topological polar surface area (TPSA) is 43.8 Å². The number of benzene rings is 1. The number of aryl methyl sites for hydroxylation is 3. The molecule has 2 rings (SSSR count). The summed E-state index contributed by atoms with van der Waals surface area (Å²) in [7, 11) is 0. The molecule has 0 aliphatic rings. The van der Waals surface area contributed by atoms with Gasteiger partial charge in [-0.15, -0.1) is 0 Å². The Balaban J connectivity index is 2.35. The van der Waals surface area contributed by atoms with Crippen molar-refractivity contribution in [2.45, 2.75) is 46.1 Å². The first-order valence-electron chi connectivity index (χ1n) is 7.61. The van der Waals surface area contributed by atoms with Gasteiger partial charge in [0.1, 0.15) is 0 Å².